The number of aryl methyl sites for hydroxylation is 1. The van der Waals surface area contributed by atoms with E-state index in [2.05, 4.69) is 58.5 Å². The first-order chi connectivity index (χ1) is 13.7. The zero-order chi connectivity index (χ0) is 19.8. The Labute approximate surface area is 178 Å². The normalized spacial score (nSPS) is 15.2. The van der Waals surface area contributed by atoms with E-state index in [0.29, 0.717) is 19.3 Å². The van der Waals surface area contributed by atoms with Gasteiger partial charge in [-0.2, -0.15) is 0 Å². The largest absolute Gasteiger partial charge is 0.490 e. The van der Waals surface area contributed by atoms with Gasteiger partial charge in [-0.05, 0) is 71.4 Å². The molecule has 0 unspecified atom stereocenters. The lowest BCUT2D eigenvalue weighted by Gasteiger charge is -2.19. The molecule has 152 valence electrons. The van der Waals surface area contributed by atoms with Gasteiger partial charge in [0.1, 0.15) is 6.61 Å². The van der Waals surface area contributed by atoms with Gasteiger partial charge in [-0.15, -0.1) is 0 Å². The van der Waals surface area contributed by atoms with Crippen molar-refractivity contribution < 1.29 is 9.47 Å². The van der Waals surface area contributed by atoms with Crippen molar-refractivity contribution >= 4 is 15.9 Å². The molecule has 0 saturated heterocycles. The lowest BCUT2D eigenvalue weighted by atomic mass is 10.1. The smallest absolute Gasteiger partial charge is 0.175 e. The van der Waals surface area contributed by atoms with E-state index in [1.165, 1.54) is 55.2 Å². The number of rotatable bonds is 8. The van der Waals surface area contributed by atoms with Crippen LogP contribution in [0.4, 0.5) is 0 Å². The Hall–Kier alpha value is -1.52. The van der Waals surface area contributed by atoms with Crippen LogP contribution in [-0.4, -0.2) is 12.6 Å². The van der Waals surface area contributed by atoms with Crippen LogP contribution < -0.4 is 14.8 Å². The molecule has 1 aliphatic carbocycles. The molecule has 1 aliphatic rings. The van der Waals surface area contributed by atoms with Crippen molar-refractivity contribution in [1.29, 1.82) is 0 Å². The van der Waals surface area contributed by atoms with Gasteiger partial charge in [0.15, 0.2) is 11.5 Å². The molecule has 1 N–H and O–H groups in total. The quantitative estimate of drug-likeness (QED) is 0.467. The van der Waals surface area contributed by atoms with Crippen LogP contribution in [0.2, 0.25) is 0 Å². The van der Waals surface area contributed by atoms with Crippen molar-refractivity contribution in [2.75, 3.05) is 6.61 Å². The summed E-state index contributed by atoms with van der Waals surface area (Å²) in [7, 11) is 0. The van der Waals surface area contributed by atoms with Crippen LogP contribution in [0, 0.1) is 6.92 Å². The average molecular weight is 446 g/mol. The number of benzene rings is 2. The highest BCUT2D eigenvalue weighted by molar-refractivity contribution is 9.10. The number of halogens is 1. The van der Waals surface area contributed by atoms with Crippen molar-refractivity contribution in [3.63, 3.8) is 0 Å². The second kappa shape index (κ2) is 10.9. The third-order valence-electron chi connectivity index (χ3n) is 5.45. The molecule has 2 aromatic rings. The summed E-state index contributed by atoms with van der Waals surface area (Å²) in [4.78, 5) is 0. The summed E-state index contributed by atoms with van der Waals surface area (Å²) in [6.45, 7) is 6.13. The zero-order valence-electron chi connectivity index (χ0n) is 17.1. The second-order valence-corrected chi connectivity index (χ2v) is 8.48. The first-order valence-electron chi connectivity index (χ1n) is 10.5. The summed E-state index contributed by atoms with van der Waals surface area (Å²) in [6.07, 6.45) is 8.03. The summed E-state index contributed by atoms with van der Waals surface area (Å²) in [5, 5.41) is 3.74. The zero-order valence-corrected chi connectivity index (χ0v) is 18.7. The summed E-state index contributed by atoms with van der Waals surface area (Å²) >= 11 is 3.71. The lowest BCUT2D eigenvalue weighted by Crippen LogP contribution is -2.27. The maximum Gasteiger partial charge on any atom is 0.175 e. The van der Waals surface area contributed by atoms with Crippen molar-refractivity contribution in [3.8, 4) is 11.5 Å². The molecule has 0 spiro atoms. The van der Waals surface area contributed by atoms with Gasteiger partial charge in [0, 0.05) is 12.6 Å². The molecule has 4 heteroatoms. The molecule has 0 aromatic heterocycles. The lowest BCUT2D eigenvalue weighted by molar-refractivity contribution is 0.267. The van der Waals surface area contributed by atoms with Crippen LogP contribution in [0.3, 0.4) is 0 Å². The minimum Gasteiger partial charge on any atom is -0.490 e. The van der Waals surface area contributed by atoms with Gasteiger partial charge in [-0.25, -0.2) is 0 Å². The van der Waals surface area contributed by atoms with E-state index in [4.69, 9.17) is 9.47 Å². The van der Waals surface area contributed by atoms with Crippen molar-refractivity contribution in [2.45, 2.75) is 71.6 Å². The summed E-state index contributed by atoms with van der Waals surface area (Å²) < 4.78 is 13.0. The first-order valence-corrected chi connectivity index (χ1v) is 11.3. The fraction of sp³-hybridized carbons (Fsp3) is 0.500. The topological polar surface area (TPSA) is 30.5 Å². The average Bonchev–Trinajstić information content (AvgIpc) is 2.96. The highest BCUT2D eigenvalue weighted by atomic mass is 79.9. The Balaban J connectivity index is 1.69. The molecule has 1 fully saturated rings. The monoisotopic (exact) mass is 445 g/mol. The summed E-state index contributed by atoms with van der Waals surface area (Å²) in [5.74, 6) is 1.59. The molecular formula is C24H32BrNO2. The van der Waals surface area contributed by atoms with E-state index in [0.717, 1.165) is 22.5 Å². The minimum absolute atomic E-state index is 0.533. The highest BCUT2D eigenvalue weighted by Crippen LogP contribution is 2.37. The molecule has 28 heavy (non-hydrogen) atoms. The molecule has 2 aromatic carbocycles. The highest BCUT2D eigenvalue weighted by Gasteiger charge is 2.15. The predicted molar refractivity (Wildman–Crippen MR) is 119 cm³/mol. The maximum absolute atomic E-state index is 6.16. The van der Waals surface area contributed by atoms with E-state index in [1.807, 2.05) is 13.0 Å². The predicted octanol–water partition coefficient (Wildman–Crippen LogP) is 6.55. The molecule has 0 atom stereocenters. The fourth-order valence-electron chi connectivity index (χ4n) is 3.79. The van der Waals surface area contributed by atoms with E-state index in [1.54, 1.807) is 0 Å². The van der Waals surface area contributed by atoms with E-state index in [9.17, 15) is 0 Å². The number of ether oxygens (including phenoxy) is 2. The molecule has 3 nitrogen and oxygen atoms in total. The molecular weight excluding hydrogens is 414 g/mol. The molecule has 1 saturated carbocycles. The van der Waals surface area contributed by atoms with Gasteiger partial charge < -0.3 is 14.8 Å². The Morgan fingerprint density at radius 3 is 2.50 bits per heavy atom. The van der Waals surface area contributed by atoms with Crippen LogP contribution in [0.5, 0.6) is 11.5 Å². The van der Waals surface area contributed by atoms with Crippen LogP contribution in [0.25, 0.3) is 0 Å². The third kappa shape index (κ3) is 5.99. The summed E-state index contributed by atoms with van der Waals surface area (Å²) in [5.41, 5.74) is 3.65. The standard InChI is InChI=1S/C24H32BrNO2/c1-3-27-23-15-19(16-26-21-12-6-4-5-7-13-21)14-22(25)24(23)28-17-20-11-9-8-10-18(20)2/h8-11,14-15,21,26H,3-7,12-13,16-17H2,1-2H3. The van der Waals surface area contributed by atoms with Gasteiger partial charge in [0.2, 0.25) is 0 Å². The first kappa shape index (κ1) is 21.2. The van der Waals surface area contributed by atoms with Gasteiger partial charge in [-0.1, -0.05) is 49.9 Å². The van der Waals surface area contributed by atoms with Crippen molar-refractivity contribution in [1.82, 2.24) is 5.32 Å². The maximum atomic E-state index is 6.16. The molecule has 0 radical (unpaired) electrons. The van der Waals surface area contributed by atoms with E-state index < -0.39 is 0 Å². The van der Waals surface area contributed by atoms with Crippen LogP contribution in [0.15, 0.2) is 40.9 Å². The van der Waals surface area contributed by atoms with Crippen LogP contribution >= 0.6 is 15.9 Å². The third-order valence-corrected chi connectivity index (χ3v) is 6.04. The number of hydrogen-bond donors (Lipinski definition) is 1. The van der Waals surface area contributed by atoms with Crippen molar-refractivity contribution in [3.05, 3.63) is 57.6 Å². The molecule has 0 aliphatic heterocycles. The Morgan fingerprint density at radius 2 is 1.79 bits per heavy atom. The van der Waals surface area contributed by atoms with Gasteiger partial charge in [0.25, 0.3) is 0 Å². The number of hydrogen-bond acceptors (Lipinski definition) is 3. The second-order valence-electron chi connectivity index (χ2n) is 7.62. The molecule has 3 rings (SSSR count). The van der Waals surface area contributed by atoms with Crippen LogP contribution in [-0.2, 0) is 13.2 Å². The Kier molecular flexibility index (Phi) is 8.23. The SMILES string of the molecule is CCOc1cc(CNC2CCCCCC2)cc(Br)c1OCc1ccccc1C. The van der Waals surface area contributed by atoms with E-state index >= 15 is 0 Å². The summed E-state index contributed by atoms with van der Waals surface area (Å²) in [6, 6.07) is 13.2. The Morgan fingerprint density at radius 1 is 1.04 bits per heavy atom. The van der Waals surface area contributed by atoms with Crippen molar-refractivity contribution in [2.24, 2.45) is 0 Å². The molecule has 0 bridgehead atoms. The van der Waals surface area contributed by atoms with Gasteiger partial charge in [0.05, 0.1) is 11.1 Å². The Bertz CT molecular complexity index is 754. The fourth-order valence-corrected chi connectivity index (χ4v) is 4.40. The van der Waals surface area contributed by atoms with Gasteiger partial charge in [-0.3, -0.25) is 0 Å². The van der Waals surface area contributed by atoms with E-state index in [-0.39, 0.29) is 0 Å². The number of nitrogens with one attached hydrogen (secondary N) is 1. The molecule has 0 amide bonds. The van der Waals surface area contributed by atoms with Crippen LogP contribution in [0.1, 0.15) is 62.1 Å². The minimum atomic E-state index is 0.533. The molecule has 0 heterocycles. The van der Waals surface area contributed by atoms with Gasteiger partial charge >= 0.3 is 0 Å².